The normalized spacial score (nSPS) is 15.3. The van der Waals surface area contributed by atoms with E-state index in [0.717, 1.165) is 6.07 Å². The summed E-state index contributed by atoms with van der Waals surface area (Å²) in [5.74, 6) is -0.296. The Hall–Kier alpha value is -2.51. The molecule has 1 fully saturated rings. The number of benzene rings is 2. The van der Waals surface area contributed by atoms with Crippen LogP contribution >= 0.6 is 23.2 Å². The zero-order valence-corrected chi connectivity index (χ0v) is 17.7. The molecule has 0 unspecified atom stereocenters. The first kappa shape index (κ1) is 21.7. The van der Waals surface area contributed by atoms with Gasteiger partial charge in [-0.2, -0.15) is 13.2 Å². The maximum Gasteiger partial charge on any atom is 0.418 e. The second kappa shape index (κ2) is 8.55. The minimum absolute atomic E-state index is 0.0569. The Bertz CT molecular complexity index is 1130. The number of carbonyl (C=O) groups is 1. The summed E-state index contributed by atoms with van der Waals surface area (Å²) >= 11 is 12.1. The zero-order valence-electron chi connectivity index (χ0n) is 16.2. The maximum absolute atomic E-state index is 13.3. The second-order valence-electron chi connectivity index (χ2n) is 7.37. The van der Waals surface area contributed by atoms with Crippen LogP contribution in [0.1, 0.15) is 28.8 Å². The molecule has 0 spiro atoms. The van der Waals surface area contributed by atoms with Crippen LogP contribution in [0.5, 0.6) is 0 Å². The van der Waals surface area contributed by atoms with E-state index in [1.165, 1.54) is 12.3 Å². The molecule has 1 aliphatic heterocycles. The summed E-state index contributed by atoms with van der Waals surface area (Å²) in [6.45, 7) is 1.17. The Morgan fingerprint density at radius 3 is 2.48 bits per heavy atom. The van der Waals surface area contributed by atoms with Gasteiger partial charge in [0.2, 0.25) is 0 Å². The number of rotatable bonds is 3. The predicted octanol–water partition coefficient (Wildman–Crippen LogP) is 5.96. The second-order valence-corrected chi connectivity index (χ2v) is 8.15. The number of amides is 1. The van der Waals surface area contributed by atoms with E-state index in [-0.39, 0.29) is 22.5 Å². The van der Waals surface area contributed by atoms with Crippen molar-refractivity contribution in [3.05, 3.63) is 69.8 Å². The quantitative estimate of drug-likeness (QED) is 0.516. The SMILES string of the molecule is O=C(NC1CCN(c2ccnc3c(C(F)(F)F)cccc23)CC1)c1cccc(Cl)c1Cl. The molecule has 1 aliphatic rings. The number of pyridine rings is 1. The number of hydrogen-bond donors (Lipinski definition) is 1. The van der Waals surface area contributed by atoms with Gasteiger partial charge in [-0.25, -0.2) is 0 Å². The van der Waals surface area contributed by atoms with Gasteiger partial charge in [-0.1, -0.05) is 41.4 Å². The molecule has 31 heavy (non-hydrogen) atoms. The smallest absolute Gasteiger partial charge is 0.371 e. The first-order valence-corrected chi connectivity index (χ1v) is 10.5. The summed E-state index contributed by atoms with van der Waals surface area (Å²) in [4.78, 5) is 18.6. The zero-order chi connectivity index (χ0) is 22.2. The first-order chi connectivity index (χ1) is 14.8. The molecular formula is C22H18Cl2F3N3O. The van der Waals surface area contributed by atoms with E-state index in [1.54, 1.807) is 30.3 Å². The van der Waals surface area contributed by atoms with Crippen molar-refractivity contribution in [1.29, 1.82) is 0 Å². The summed E-state index contributed by atoms with van der Waals surface area (Å²) in [5, 5.41) is 3.96. The van der Waals surface area contributed by atoms with Crippen molar-refractivity contribution >= 4 is 45.7 Å². The Morgan fingerprint density at radius 1 is 1.06 bits per heavy atom. The summed E-state index contributed by atoms with van der Waals surface area (Å²) in [5.41, 5.74) is 0.223. The van der Waals surface area contributed by atoms with E-state index in [0.29, 0.717) is 47.6 Å². The number of aromatic nitrogens is 1. The molecule has 0 radical (unpaired) electrons. The van der Waals surface area contributed by atoms with E-state index >= 15 is 0 Å². The van der Waals surface area contributed by atoms with Crippen LogP contribution in [-0.4, -0.2) is 30.0 Å². The fourth-order valence-electron chi connectivity index (χ4n) is 3.87. The molecule has 0 atom stereocenters. The van der Waals surface area contributed by atoms with Crippen LogP contribution in [0.15, 0.2) is 48.7 Å². The molecule has 4 rings (SSSR count). The molecule has 3 aromatic rings. The highest BCUT2D eigenvalue weighted by Crippen LogP contribution is 2.37. The molecule has 162 valence electrons. The van der Waals surface area contributed by atoms with E-state index in [2.05, 4.69) is 10.3 Å². The molecule has 0 saturated carbocycles. The van der Waals surface area contributed by atoms with Gasteiger partial charge in [0.25, 0.3) is 5.91 Å². The molecule has 9 heteroatoms. The van der Waals surface area contributed by atoms with Crippen LogP contribution in [0.2, 0.25) is 10.0 Å². The van der Waals surface area contributed by atoms with Crippen LogP contribution < -0.4 is 10.2 Å². The van der Waals surface area contributed by atoms with Gasteiger partial charge in [-0.3, -0.25) is 9.78 Å². The molecule has 2 heterocycles. The maximum atomic E-state index is 13.3. The van der Waals surface area contributed by atoms with Crippen molar-refractivity contribution in [3.63, 3.8) is 0 Å². The number of alkyl halides is 3. The van der Waals surface area contributed by atoms with Gasteiger partial charge < -0.3 is 10.2 Å². The van der Waals surface area contributed by atoms with Crippen molar-refractivity contribution in [2.24, 2.45) is 0 Å². The van der Waals surface area contributed by atoms with Crippen LogP contribution in [0.4, 0.5) is 18.9 Å². The van der Waals surface area contributed by atoms with Crippen LogP contribution in [0.3, 0.4) is 0 Å². The molecular weight excluding hydrogens is 450 g/mol. The number of para-hydroxylation sites is 1. The lowest BCUT2D eigenvalue weighted by Gasteiger charge is -2.34. The largest absolute Gasteiger partial charge is 0.418 e. The van der Waals surface area contributed by atoms with Gasteiger partial charge in [0, 0.05) is 36.4 Å². The topological polar surface area (TPSA) is 45.2 Å². The number of nitrogens with zero attached hydrogens (tertiary/aromatic N) is 2. The molecule has 0 aliphatic carbocycles. The van der Waals surface area contributed by atoms with Crippen LogP contribution in [0.25, 0.3) is 10.9 Å². The number of halogens is 5. The fourth-order valence-corrected chi connectivity index (χ4v) is 4.26. The van der Waals surface area contributed by atoms with E-state index < -0.39 is 11.7 Å². The van der Waals surface area contributed by atoms with Crippen LogP contribution in [0, 0.1) is 0 Å². The molecule has 1 saturated heterocycles. The fraction of sp³-hybridized carbons (Fsp3) is 0.273. The Labute approximate surface area is 187 Å². The highest BCUT2D eigenvalue weighted by Gasteiger charge is 2.33. The van der Waals surface area contributed by atoms with E-state index in [1.807, 2.05) is 4.90 Å². The van der Waals surface area contributed by atoms with Crippen molar-refractivity contribution in [3.8, 4) is 0 Å². The average Bonchev–Trinajstić information content (AvgIpc) is 2.74. The lowest BCUT2D eigenvalue weighted by molar-refractivity contribution is -0.136. The third-order valence-electron chi connectivity index (χ3n) is 5.42. The van der Waals surface area contributed by atoms with Gasteiger partial charge in [-0.15, -0.1) is 0 Å². The standard InChI is InChI=1S/C22H18Cl2F3N3O/c23-17-6-2-4-15(19(17)24)21(31)29-13-8-11-30(12-9-13)18-7-10-28-20-14(18)3-1-5-16(20)22(25,26)27/h1-7,10,13H,8-9,11-12H2,(H,29,31). The average molecular weight is 468 g/mol. The minimum atomic E-state index is -4.47. The molecule has 0 bridgehead atoms. The van der Waals surface area contributed by atoms with Crippen molar-refractivity contribution < 1.29 is 18.0 Å². The highest BCUT2D eigenvalue weighted by atomic mass is 35.5. The van der Waals surface area contributed by atoms with E-state index in [9.17, 15) is 18.0 Å². The summed E-state index contributed by atoms with van der Waals surface area (Å²) < 4.78 is 40.0. The number of piperidine rings is 1. The van der Waals surface area contributed by atoms with Gasteiger partial charge in [-0.05, 0) is 37.1 Å². The minimum Gasteiger partial charge on any atom is -0.371 e. The van der Waals surface area contributed by atoms with E-state index in [4.69, 9.17) is 23.2 Å². The van der Waals surface area contributed by atoms with Gasteiger partial charge in [0.1, 0.15) is 0 Å². The summed E-state index contributed by atoms with van der Waals surface area (Å²) in [7, 11) is 0. The molecule has 1 N–H and O–H groups in total. The molecule has 2 aromatic carbocycles. The number of fused-ring (bicyclic) bond motifs is 1. The van der Waals surface area contributed by atoms with Gasteiger partial charge in [0.05, 0.1) is 26.7 Å². The Balaban J connectivity index is 1.49. The number of carbonyl (C=O) groups excluding carboxylic acids is 1. The van der Waals surface area contributed by atoms with Gasteiger partial charge >= 0.3 is 6.18 Å². The number of nitrogens with one attached hydrogen (secondary N) is 1. The summed E-state index contributed by atoms with van der Waals surface area (Å²) in [6, 6.07) is 10.6. The molecule has 1 aromatic heterocycles. The molecule has 1 amide bonds. The lowest BCUT2D eigenvalue weighted by atomic mass is 10.0. The van der Waals surface area contributed by atoms with Crippen molar-refractivity contribution in [1.82, 2.24) is 10.3 Å². The predicted molar refractivity (Wildman–Crippen MR) is 116 cm³/mol. The van der Waals surface area contributed by atoms with Gasteiger partial charge in [0.15, 0.2) is 0 Å². The number of anilines is 1. The summed E-state index contributed by atoms with van der Waals surface area (Å²) in [6.07, 6.45) is -1.77. The van der Waals surface area contributed by atoms with Crippen molar-refractivity contribution in [2.75, 3.05) is 18.0 Å². The Kier molecular flexibility index (Phi) is 5.99. The third-order valence-corrected chi connectivity index (χ3v) is 6.24. The first-order valence-electron chi connectivity index (χ1n) is 9.70. The van der Waals surface area contributed by atoms with Crippen molar-refractivity contribution in [2.45, 2.75) is 25.1 Å². The third kappa shape index (κ3) is 4.43. The lowest BCUT2D eigenvalue weighted by Crippen LogP contribution is -2.44. The Morgan fingerprint density at radius 2 is 1.77 bits per heavy atom. The number of hydrogen-bond acceptors (Lipinski definition) is 3. The molecule has 4 nitrogen and oxygen atoms in total. The van der Waals surface area contributed by atoms with Crippen LogP contribution in [-0.2, 0) is 6.18 Å². The monoisotopic (exact) mass is 467 g/mol. The highest BCUT2D eigenvalue weighted by molar-refractivity contribution is 6.43.